The van der Waals surface area contributed by atoms with Crippen LogP contribution in [0, 0.1) is 10.1 Å². The fourth-order valence-electron chi connectivity index (χ4n) is 2.41. The van der Waals surface area contributed by atoms with Crippen LogP contribution in [0.2, 0.25) is 0 Å². The van der Waals surface area contributed by atoms with Gasteiger partial charge in [-0.05, 0) is 11.5 Å². The Bertz CT molecular complexity index is 1210. The molecule has 0 aliphatic rings. The van der Waals surface area contributed by atoms with E-state index in [9.17, 15) is 28.7 Å². The van der Waals surface area contributed by atoms with Gasteiger partial charge in [0.2, 0.25) is 0 Å². The van der Waals surface area contributed by atoms with Crippen molar-refractivity contribution in [2.45, 2.75) is 4.90 Å². The zero-order valence-corrected chi connectivity index (χ0v) is 14.2. The van der Waals surface area contributed by atoms with Gasteiger partial charge in [-0.3, -0.25) is 14.7 Å². The number of hydrogen-bond acceptors (Lipinski definition) is 8. The number of rotatable bonds is 4. The summed E-state index contributed by atoms with van der Waals surface area (Å²) in [5.74, 6) is -1.25. The Kier molecular flexibility index (Phi) is 6.37. The Hall–Kier alpha value is -2.57. The number of phenolic OH excluding ortho intramolecular Hbond substituents is 2. The van der Waals surface area contributed by atoms with Crippen molar-refractivity contribution >= 4 is 67.5 Å². The Balaban J connectivity index is 0.00000280. The van der Waals surface area contributed by atoms with Crippen LogP contribution in [0.1, 0.15) is 0 Å². The first-order chi connectivity index (χ1) is 12.7. The third-order valence-corrected chi connectivity index (χ3v) is 4.53. The van der Waals surface area contributed by atoms with E-state index in [4.69, 9.17) is 4.55 Å². The van der Waals surface area contributed by atoms with Crippen molar-refractivity contribution in [1.82, 2.24) is 0 Å². The molecule has 0 fully saturated rings. The van der Waals surface area contributed by atoms with Gasteiger partial charge in [-0.2, -0.15) is 8.42 Å². The van der Waals surface area contributed by atoms with Crippen molar-refractivity contribution in [3.05, 3.63) is 58.6 Å². The minimum atomic E-state index is -4.94. The molecule has 0 aliphatic carbocycles. The zero-order chi connectivity index (χ0) is 19.8. The van der Waals surface area contributed by atoms with Crippen LogP contribution in [-0.4, -0.2) is 57.7 Å². The standard InChI is InChI=1S/C16H11N3O7S.Na.H/c20-13-6-5-9-3-1-2-4-11(9)15(13)18-17-12-7-10(19(22)23)8-14(16(12)21)27(24,25)26;;/h1-8,20-21H,(H,24,25,26);;/b18-17+;;. The first kappa shape index (κ1) is 21.7. The van der Waals surface area contributed by atoms with Crippen molar-refractivity contribution in [2.24, 2.45) is 10.2 Å². The molecule has 0 atom stereocenters. The number of nitro benzene ring substituents is 1. The molecule has 3 aromatic carbocycles. The van der Waals surface area contributed by atoms with E-state index in [0.29, 0.717) is 11.5 Å². The van der Waals surface area contributed by atoms with Crippen molar-refractivity contribution in [1.29, 1.82) is 0 Å². The van der Waals surface area contributed by atoms with E-state index in [1.807, 2.05) is 0 Å². The van der Waals surface area contributed by atoms with Gasteiger partial charge in [-0.15, -0.1) is 10.2 Å². The summed E-state index contributed by atoms with van der Waals surface area (Å²) in [6.45, 7) is 0. The van der Waals surface area contributed by atoms with Crippen LogP contribution in [0.25, 0.3) is 10.8 Å². The van der Waals surface area contributed by atoms with E-state index in [2.05, 4.69) is 10.2 Å². The summed E-state index contributed by atoms with van der Waals surface area (Å²) in [6.07, 6.45) is 0. The van der Waals surface area contributed by atoms with Crippen LogP contribution in [0.15, 0.2) is 63.7 Å². The van der Waals surface area contributed by atoms with Crippen molar-refractivity contribution in [2.75, 3.05) is 0 Å². The number of azo groups is 1. The first-order valence-corrected chi connectivity index (χ1v) is 8.74. The maximum atomic E-state index is 11.3. The van der Waals surface area contributed by atoms with Crippen molar-refractivity contribution in [3.8, 4) is 11.5 Å². The van der Waals surface area contributed by atoms with Crippen LogP contribution >= 0.6 is 0 Å². The van der Waals surface area contributed by atoms with E-state index in [1.54, 1.807) is 30.3 Å². The molecule has 0 spiro atoms. The molecule has 140 valence electrons. The average molecular weight is 413 g/mol. The Morgan fingerprint density at radius 3 is 2.32 bits per heavy atom. The molecule has 12 heteroatoms. The molecule has 0 unspecified atom stereocenters. The topological polar surface area (TPSA) is 163 Å². The van der Waals surface area contributed by atoms with Crippen LogP contribution in [0.5, 0.6) is 11.5 Å². The molecule has 0 radical (unpaired) electrons. The average Bonchev–Trinajstić information content (AvgIpc) is 2.60. The van der Waals surface area contributed by atoms with Gasteiger partial charge in [0.25, 0.3) is 15.8 Å². The first-order valence-electron chi connectivity index (χ1n) is 7.30. The summed E-state index contributed by atoms with van der Waals surface area (Å²) in [7, 11) is -4.94. The van der Waals surface area contributed by atoms with E-state index < -0.39 is 37.1 Å². The van der Waals surface area contributed by atoms with Crippen molar-refractivity contribution < 1.29 is 28.1 Å². The van der Waals surface area contributed by atoms with Gasteiger partial charge in [0.15, 0.2) is 5.75 Å². The number of fused-ring (bicyclic) bond motifs is 1. The molecule has 0 bridgehead atoms. The number of nitrogens with zero attached hydrogens (tertiary/aromatic N) is 3. The van der Waals surface area contributed by atoms with Gasteiger partial charge >= 0.3 is 29.6 Å². The molecule has 0 aliphatic heterocycles. The van der Waals surface area contributed by atoms with E-state index in [-0.39, 0.29) is 41.0 Å². The third kappa shape index (κ3) is 4.29. The van der Waals surface area contributed by atoms with E-state index in [1.165, 1.54) is 6.07 Å². The number of aromatic hydroxyl groups is 2. The molecular formula is C16H12N3NaO7S. The van der Waals surface area contributed by atoms with Gasteiger partial charge in [-0.1, -0.05) is 30.3 Å². The summed E-state index contributed by atoms with van der Waals surface area (Å²) < 4.78 is 31.8. The summed E-state index contributed by atoms with van der Waals surface area (Å²) >= 11 is 0. The summed E-state index contributed by atoms with van der Waals surface area (Å²) in [4.78, 5) is 8.99. The number of nitro groups is 1. The van der Waals surface area contributed by atoms with Gasteiger partial charge < -0.3 is 10.2 Å². The fraction of sp³-hybridized carbons (Fsp3) is 0. The second-order valence-corrected chi connectivity index (χ2v) is 6.79. The SMILES string of the molecule is O=[N+]([O-])c1cc(/N=N/c2c(O)ccc3ccccc23)c(O)c(S(=O)(=O)O)c1.[NaH]. The van der Waals surface area contributed by atoms with Gasteiger partial charge in [0, 0.05) is 17.5 Å². The molecule has 0 amide bonds. The second kappa shape index (κ2) is 8.20. The zero-order valence-electron chi connectivity index (χ0n) is 13.3. The summed E-state index contributed by atoms with van der Waals surface area (Å²) in [5, 5.41) is 39.7. The molecule has 0 heterocycles. The van der Waals surface area contributed by atoms with E-state index in [0.717, 1.165) is 11.5 Å². The number of benzene rings is 3. The van der Waals surface area contributed by atoms with Crippen LogP contribution in [0.3, 0.4) is 0 Å². The molecule has 3 N–H and O–H groups in total. The summed E-state index contributed by atoms with van der Waals surface area (Å²) in [5.41, 5.74) is -1.27. The Labute approximate surface area is 180 Å². The Morgan fingerprint density at radius 1 is 1.00 bits per heavy atom. The van der Waals surface area contributed by atoms with Gasteiger partial charge in [-0.25, -0.2) is 0 Å². The molecule has 0 aromatic heterocycles. The number of hydrogen-bond donors (Lipinski definition) is 3. The van der Waals surface area contributed by atoms with Gasteiger partial charge in [0.1, 0.15) is 22.0 Å². The van der Waals surface area contributed by atoms with Crippen LogP contribution < -0.4 is 0 Å². The predicted molar refractivity (Wildman–Crippen MR) is 102 cm³/mol. The fourth-order valence-corrected chi connectivity index (χ4v) is 3.03. The molecular weight excluding hydrogens is 401 g/mol. The third-order valence-electron chi connectivity index (χ3n) is 3.67. The molecule has 3 rings (SSSR count). The Morgan fingerprint density at radius 2 is 1.68 bits per heavy atom. The van der Waals surface area contributed by atoms with Crippen LogP contribution in [-0.2, 0) is 10.1 Å². The maximum absolute atomic E-state index is 11.3. The predicted octanol–water partition coefficient (Wildman–Crippen LogP) is 3.17. The molecule has 10 nitrogen and oxygen atoms in total. The minimum absolute atomic E-state index is 0. The normalized spacial score (nSPS) is 11.5. The number of non-ortho nitro benzene ring substituents is 1. The van der Waals surface area contributed by atoms with Crippen molar-refractivity contribution in [3.63, 3.8) is 0 Å². The van der Waals surface area contributed by atoms with Crippen LogP contribution in [0.4, 0.5) is 17.1 Å². The number of phenols is 2. The summed E-state index contributed by atoms with van der Waals surface area (Å²) in [6, 6.07) is 11.2. The van der Waals surface area contributed by atoms with E-state index >= 15 is 0 Å². The second-order valence-electron chi connectivity index (χ2n) is 5.40. The molecule has 3 aromatic rings. The molecule has 0 saturated heterocycles. The molecule has 0 saturated carbocycles. The quantitative estimate of drug-likeness (QED) is 0.194. The van der Waals surface area contributed by atoms with Gasteiger partial charge in [0.05, 0.1) is 4.92 Å². The monoisotopic (exact) mass is 413 g/mol. The molecule has 28 heavy (non-hydrogen) atoms.